The second kappa shape index (κ2) is 7.59. The van der Waals surface area contributed by atoms with Gasteiger partial charge in [-0.15, -0.1) is 0 Å². The van der Waals surface area contributed by atoms with E-state index in [0.29, 0.717) is 13.0 Å². The van der Waals surface area contributed by atoms with Crippen molar-refractivity contribution >= 4 is 21.8 Å². The molecule has 0 atom stereocenters. The highest BCUT2D eigenvalue weighted by atomic mass is 79.9. The number of hydrogen-bond donors (Lipinski definition) is 1. The van der Waals surface area contributed by atoms with Crippen molar-refractivity contribution < 1.29 is 23.0 Å². The fourth-order valence-corrected chi connectivity index (χ4v) is 1.73. The maximum absolute atomic E-state index is 12.2. The van der Waals surface area contributed by atoms with E-state index in [9.17, 15) is 13.6 Å². The number of halogens is 3. The largest absolute Gasteiger partial charge is 0.493 e. The lowest BCUT2D eigenvalue weighted by Gasteiger charge is -2.16. The van der Waals surface area contributed by atoms with E-state index in [1.807, 2.05) is 0 Å². The molecule has 1 N–H and O–H groups in total. The Morgan fingerprint density at radius 2 is 2.05 bits per heavy atom. The molecule has 1 rings (SSSR count). The molecule has 0 aliphatic rings. The Hall–Kier alpha value is -1.37. The highest BCUT2D eigenvalue weighted by Crippen LogP contribution is 2.29. The Kier molecular flexibility index (Phi) is 6.39. The fraction of sp³-hybridized carbons (Fsp3) is 0.500. The van der Waals surface area contributed by atoms with Crippen molar-refractivity contribution in [1.82, 2.24) is 5.32 Å². The number of rotatable bonds is 7. The van der Waals surface area contributed by atoms with E-state index >= 15 is 0 Å². The molecule has 1 aromatic carbocycles. The number of alkyl halides is 3. The van der Waals surface area contributed by atoms with Gasteiger partial charge >= 0.3 is 6.61 Å². The Labute approximate surface area is 130 Å². The first-order chi connectivity index (χ1) is 9.74. The minimum Gasteiger partial charge on any atom is -0.493 e. The minimum absolute atomic E-state index is 0.0122. The van der Waals surface area contributed by atoms with Gasteiger partial charge in [0.2, 0.25) is 5.91 Å². The summed E-state index contributed by atoms with van der Waals surface area (Å²) in [5.41, 5.74) is 0.848. The molecule has 0 saturated heterocycles. The van der Waals surface area contributed by atoms with Crippen molar-refractivity contribution in [2.24, 2.45) is 0 Å². The van der Waals surface area contributed by atoms with Crippen molar-refractivity contribution in [2.45, 2.75) is 31.2 Å². The number of ether oxygens (including phenoxy) is 2. The molecule has 0 unspecified atom stereocenters. The summed E-state index contributed by atoms with van der Waals surface area (Å²) in [6, 6.07) is 4.70. The van der Waals surface area contributed by atoms with Gasteiger partial charge in [-0.1, -0.05) is 22.0 Å². The van der Waals surface area contributed by atoms with E-state index in [4.69, 9.17) is 4.74 Å². The molecule has 0 aliphatic carbocycles. The Bertz CT molecular complexity index is 490. The van der Waals surface area contributed by atoms with Gasteiger partial charge < -0.3 is 14.8 Å². The van der Waals surface area contributed by atoms with Crippen LogP contribution in [0.2, 0.25) is 0 Å². The highest BCUT2D eigenvalue weighted by molar-refractivity contribution is 9.10. The number of nitrogens with one attached hydrogen (secondary N) is 1. The zero-order valence-corrected chi connectivity index (χ0v) is 13.7. The van der Waals surface area contributed by atoms with E-state index in [2.05, 4.69) is 26.0 Å². The van der Waals surface area contributed by atoms with Gasteiger partial charge in [-0.25, -0.2) is 0 Å². The second-order valence-electron chi connectivity index (χ2n) is 4.84. The Morgan fingerprint density at radius 1 is 1.38 bits per heavy atom. The van der Waals surface area contributed by atoms with Gasteiger partial charge in [0, 0.05) is 6.54 Å². The van der Waals surface area contributed by atoms with E-state index in [0.717, 1.165) is 5.56 Å². The number of methoxy groups -OCH3 is 1. The van der Waals surface area contributed by atoms with E-state index in [-0.39, 0.29) is 17.4 Å². The molecule has 7 heteroatoms. The maximum Gasteiger partial charge on any atom is 0.387 e. The van der Waals surface area contributed by atoms with Crippen LogP contribution in [0.3, 0.4) is 0 Å². The molecule has 0 fully saturated rings. The summed E-state index contributed by atoms with van der Waals surface area (Å²) >= 11 is 3.27. The van der Waals surface area contributed by atoms with Crippen LogP contribution >= 0.6 is 15.9 Å². The summed E-state index contributed by atoms with van der Waals surface area (Å²) in [4.78, 5) is 11.7. The van der Waals surface area contributed by atoms with Crippen LogP contribution in [0.5, 0.6) is 11.5 Å². The molecule has 21 heavy (non-hydrogen) atoms. The van der Waals surface area contributed by atoms with Crippen molar-refractivity contribution in [2.75, 3.05) is 13.7 Å². The van der Waals surface area contributed by atoms with Crippen LogP contribution in [-0.2, 0) is 11.2 Å². The average Bonchev–Trinajstić information content (AvgIpc) is 2.38. The van der Waals surface area contributed by atoms with Gasteiger partial charge in [0.15, 0.2) is 11.5 Å². The number of carbonyl (C=O) groups excluding carboxylic acids is 1. The van der Waals surface area contributed by atoms with Crippen LogP contribution < -0.4 is 14.8 Å². The third kappa shape index (κ3) is 5.87. The molecular formula is C14H18BrF2NO3. The average molecular weight is 366 g/mol. The summed E-state index contributed by atoms with van der Waals surface area (Å²) < 4.78 is 33.2. The van der Waals surface area contributed by atoms with Crippen molar-refractivity contribution in [3.05, 3.63) is 23.8 Å². The van der Waals surface area contributed by atoms with Crippen molar-refractivity contribution in [3.8, 4) is 11.5 Å². The first-order valence-corrected chi connectivity index (χ1v) is 7.12. The Balaban J connectivity index is 2.63. The zero-order chi connectivity index (χ0) is 16.0. The molecule has 0 heterocycles. The molecule has 0 aliphatic heterocycles. The number of benzene rings is 1. The molecule has 0 radical (unpaired) electrons. The number of amides is 1. The lowest BCUT2D eigenvalue weighted by Crippen LogP contribution is -2.38. The smallest absolute Gasteiger partial charge is 0.387 e. The molecule has 1 aromatic rings. The van der Waals surface area contributed by atoms with Gasteiger partial charge in [0.1, 0.15) is 0 Å². The second-order valence-corrected chi connectivity index (χ2v) is 6.82. The van der Waals surface area contributed by atoms with Gasteiger partial charge in [0.25, 0.3) is 0 Å². The Morgan fingerprint density at radius 3 is 2.57 bits per heavy atom. The van der Waals surface area contributed by atoms with Crippen LogP contribution in [0.15, 0.2) is 18.2 Å². The predicted octanol–water partition coefficient (Wildman–Crippen LogP) is 3.13. The minimum atomic E-state index is -2.90. The van der Waals surface area contributed by atoms with Gasteiger partial charge in [0.05, 0.1) is 11.4 Å². The highest BCUT2D eigenvalue weighted by Gasteiger charge is 2.22. The maximum atomic E-state index is 12.2. The van der Waals surface area contributed by atoms with Crippen molar-refractivity contribution in [1.29, 1.82) is 0 Å². The fourth-order valence-electron chi connectivity index (χ4n) is 1.59. The molecule has 0 saturated carbocycles. The third-order valence-corrected chi connectivity index (χ3v) is 3.04. The first-order valence-electron chi connectivity index (χ1n) is 6.33. The van der Waals surface area contributed by atoms with Crippen LogP contribution in [0.25, 0.3) is 0 Å². The SMILES string of the molecule is COc1cc(CCNC(=O)C(C)(C)Br)ccc1OC(F)F. The summed E-state index contributed by atoms with van der Waals surface area (Å²) in [5, 5.41) is 2.78. The third-order valence-electron chi connectivity index (χ3n) is 2.68. The normalized spacial score (nSPS) is 11.4. The van der Waals surface area contributed by atoms with E-state index in [1.54, 1.807) is 26.0 Å². The van der Waals surface area contributed by atoms with Crippen LogP contribution in [-0.4, -0.2) is 30.5 Å². The lowest BCUT2D eigenvalue weighted by molar-refractivity contribution is -0.122. The molecular weight excluding hydrogens is 348 g/mol. The van der Waals surface area contributed by atoms with Gasteiger partial charge in [-0.2, -0.15) is 8.78 Å². The topological polar surface area (TPSA) is 47.6 Å². The molecule has 0 bridgehead atoms. The molecule has 1 amide bonds. The standard InChI is InChI=1S/C14H18BrF2NO3/c1-14(2,15)12(19)18-7-6-9-4-5-10(21-13(16)17)11(8-9)20-3/h4-5,8,13H,6-7H2,1-3H3,(H,18,19). The van der Waals surface area contributed by atoms with Crippen LogP contribution in [0, 0.1) is 0 Å². The number of carbonyl (C=O) groups is 1. The van der Waals surface area contributed by atoms with E-state index < -0.39 is 10.9 Å². The quantitative estimate of drug-likeness (QED) is 0.755. The molecule has 0 spiro atoms. The molecule has 118 valence electrons. The summed E-state index contributed by atoms with van der Waals surface area (Å²) in [7, 11) is 1.38. The van der Waals surface area contributed by atoms with Gasteiger partial charge in [-0.3, -0.25) is 4.79 Å². The predicted molar refractivity (Wildman–Crippen MR) is 79.3 cm³/mol. The summed E-state index contributed by atoms with van der Waals surface area (Å²) in [5.74, 6) is 0.106. The summed E-state index contributed by atoms with van der Waals surface area (Å²) in [6.07, 6.45) is 0.556. The van der Waals surface area contributed by atoms with Crippen molar-refractivity contribution in [3.63, 3.8) is 0 Å². The van der Waals surface area contributed by atoms with E-state index in [1.165, 1.54) is 13.2 Å². The first kappa shape index (κ1) is 17.7. The van der Waals surface area contributed by atoms with Crippen LogP contribution in [0.1, 0.15) is 19.4 Å². The monoisotopic (exact) mass is 365 g/mol. The van der Waals surface area contributed by atoms with Gasteiger partial charge in [-0.05, 0) is 38.0 Å². The lowest BCUT2D eigenvalue weighted by atomic mass is 10.1. The summed E-state index contributed by atoms with van der Waals surface area (Å²) in [6.45, 7) is 1.04. The number of hydrogen-bond acceptors (Lipinski definition) is 3. The molecule has 0 aromatic heterocycles. The zero-order valence-electron chi connectivity index (χ0n) is 12.1. The van der Waals surface area contributed by atoms with Crippen LogP contribution in [0.4, 0.5) is 8.78 Å². The molecule has 4 nitrogen and oxygen atoms in total.